The number of morpholine rings is 1. The molecule has 1 aliphatic heterocycles. The number of aliphatic hydroxyl groups is 1. The van der Waals surface area contributed by atoms with E-state index in [-0.39, 0.29) is 36.7 Å². The molecule has 0 aliphatic carbocycles. The van der Waals surface area contributed by atoms with Crippen molar-refractivity contribution in [3.05, 3.63) is 23.9 Å². The highest BCUT2D eigenvalue weighted by Crippen LogP contribution is 2.16. The first-order chi connectivity index (χ1) is 13.7. The summed E-state index contributed by atoms with van der Waals surface area (Å²) in [6, 6.07) is 4.17. The van der Waals surface area contributed by atoms with Gasteiger partial charge in [-0.2, -0.15) is 0 Å². The monoisotopic (exact) mass is 519 g/mol. The third-order valence-corrected chi connectivity index (χ3v) is 4.93. The Labute approximate surface area is 192 Å². The fraction of sp³-hybridized carbons (Fsp3) is 0.714. The molecule has 2 heterocycles. The molecule has 166 valence electrons. The van der Waals surface area contributed by atoms with E-state index in [1.165, 1.54) is 0 Å². The molecule has 0 amide bonds. The van der Waals surface area contributed by atoms with Crippen molar-refractivity contribution >= 4 is 35.8 Å². The molecule has 0 bridgehead atoms. The molecular formula is C21H38IN5O2. The number of aromatic nitrogens is 1. The van der Waals surface area contributed by atoms with Gasteiger partial charge in [0.05, 0.1) is 19.3 Å². The maximum absolute atomic E-state index is 9.22. The summed E-state index contributed by atoms with van der Waals surface area (Å²) in [5, 5.41) is 15.9. The summed E-state index contributed by atoms with van der Waals surface area (Å²) in [4.78, 5) is 11.6. The van der Waals surface area contributed by atoms with Crippen molar-refractivity contribution in [2.45, 2.75) is 52.7 Å². The number of pyridine rings is 1. The minimum Gasteiger partial charge on any atom is -0.396 e. The van der Waals surface area contributed by atoms with Crippen LogP contribution in [0.2, 0.25) is 0 Å². The van der Waals surface area contributed by atoms with E-state index in [1.807, 2.05) is 6.20 Å². The van der Waals surface area contributed by atoms with Crippen molar-refractivity contribution < 1.29 is 9.84 Å². The van der Waals surface area contributed by atoms with Gasteiger partial charge in [0, 0.05) is 39.0 Å². The quantitative estimate of drug-likeness (QED) is 0.251. The van der Waals surface area contributed by atoms with Crippen LogP contribution in [-0.4, -0.2) is 61.5 Å². The van der Waals surface area contributed by atoms with Gasteiger partial charge < -0.3 is 25.4 Å². The summed E-state index contributed by atoms with van der Waals surface area (Å²) in [7, 11) is 0. The van der Waals surface area contributed by atoms with Crippen LogP contribution in [0.5, 0.6) is 0 Å². The van der Waals surface area contributed by atoms with E-state index in [1.54, 1.807) is 0 Å². The number of anilines is 1. The Morgan fingerprint density at radius 3 is 2.79 bits per heavy atom. The van der Waals surface area contributed by atoms with E-state index >= 15 is 0 Å². The molecule has 7 nitrogen and oxygen atoms in total. The van der Waals surface area contributed by atoms with Gasteiger partial charge in [0.15, 0.2) is 5.96 Å². The van der Waals surface area contributed by atoms with Crippen molar-refractivity contribution in [3.63, 3.8) is 0 Å². The number of nitrogens with one attached hydrogen (secondary N) is 2. The van der Waals surface area contributed by atoms with Gasteiger partial charge in [-0.3, -0.25) is 0 Å². The Morgan fingerprint density at radius 2 is 2.17 bits per heavy atom. The lowest BCUT2D eigenvalue weighted by atomic mass is 10.0. The van der Waals surface area contributed by atoms with E-state index in [2.05, 4.69) is 58.4 Å². The smallest absolute Gasteiger partial charge is 0.191 e. The van der Waals surface area contributed by atoms with Crippen LogP contribution in [0.4, 0.5) is 5.82 Å². The molecule has 3 N–H and O–H groups in total. The summed E-state index contributed by atoms with van der Waals surface area (Å²) in [5.74, 6) is 2.28. The number of nitrogens with zero attached hydrogens (tertiary/aromatic N) is 3. The molecule has 1 aliphatic rings. The van der Waals surface area contributed by atoms with Crippen LogP contribution in [0.25, 0.3) is 0 Å². The fourth-order valence-corrected chi connectivity index (χ4v) is 3.42. The number of rotatable bonds is 10. The van der Waals surface area contributed by atoms with E-state index in [9.17, 15) is 5.11 Å². The van der Waals surface area contributed by atoms with Crippen molar-refractivity contribution in [2.75, 3.05) is 44.3 Å². The van der Waals surface area contributed by atoms with Gasteiger partial charge in [-0.15, -0.1) is 24.0 Å². The SMILES string of the molecule is CCCC(CCO)CNC(=NCc1ccc(N2CCOC(C)C2)nc1)NCC.I. The zero-order valence-corrected chi connectivity index (χ0v) is 20.4. The summed E-state index contributed by atoms with van der Waals surface area (Å²) >= 11 is 0. The van der Waals surface area contributed by atoms with Crippen molar-refractivity contribution in [1.29, 1.82) is 0 Å². The predicted molar refractivity (Wildman–Crippen MR) is 130 cm³/mol. The number of hydrogen-bond acceptors (Lipinski definition) is 5. The summed E-state index contributed by atoms with van der Waals surface area (Å²) < 4.78 is 5.60. The number of ether oxygens (including phenoxy) is 1. The van der Waals surface area contributed by atoms with Crippen LogP contribution < -0.4 is 15.5 Å². The zero-order chi connectivity index (χ0) is 20.2. The third-order valence-electron chi connectivity index (χ3n) is 4.93. The molecule has 0 radical (unpaired) electrons. The normalized spacial score (nSPS) is 18.1. The van der Waals surface area contributed by atoms with Gasteiger partial charge in [-0.05, 0) is 44.2 Å². The summed E-state index contributed by atoms with van der Waals surface area (Å²) in [6.45, 7) is 11.3. The van der Waals surface area contributed by atoms with Crippen molar-refractivity contribution in [2.24, 2.45) is 10.9 Å². The molecule has 8 heteroatoms. The Bertz CT molecular complexity index is 579. The second-order valence-corrected chi connectivity index (χ2v) is 7.40. The van der Waals surface area contributed by atoms with Gasteiger partial charge in [0.1, 0.15) is 5.82 Å². The van der Waals surface area contributed by atoms with Crippen LogP contribution in [0.15, 0.2) is 23.3 Å². The highest BCUT2D eigenvalue weighted by molar-refractivity contribution is 14.0. The highest BCUT2D eigenvalue weighted by atomic mass is 127. The standard InChI is InChI=1S/C21H37N5O2.HI/c1-4-6-18(9-11-27)13-24-21(22-5-2)25-15-19-7-8-20(23-14-19)26-10-12-28-17(3)16-26;/h7-8,14,17-18,27H,4-6,9-13,15-16H2,1-3H3,(H2,22,24,25);1H. The first-order valence-corrected chi connectivity index (χ1v) is 10.6. The number of aliphatic hydroxyl groups excluding tert-OH is 1. The van der Waals surface area contributed by atoms with E-state index < -0.39 is 0 Å². The van der Waals surface area contributed by atoms with Crippen LogP contribution in [-0.2, 0) is 11.3 Å². The van der Waals surface area contributed by atoms with Crippen LogP contribution in [0.3, 0.4) is 0 Å². The first kappa shape index (κ1) is 25.9. The van der Waals surface area contributed by atoms with Gasteiger partial charge >= 0.3 is 0 Å². The Balaban J connectivity index is 0.00000420. The molecule has 1 aromatic rings. The molecule has 1 aromatic heterocycles. The Hall–Kier alpha value is -1.13. The number of guanidine groups is 1. The number of hydrogen-bond donors (Lipinski definition) is 3. The van der Waals surface area contributed by atoms with Crippen molar-refractivity contribution in [3.8, 4) is 0 Å². The third kappa shape index (κ3) is 9.48. The molecule has 0 saturated carbocycles. The molecule has 29 heavy (non-hydrogen) atoms. The average Bonchev–Trinajstić information content (AvgIpc) is 2.70. The van der Waals surface area contributed by atoms with Gasteiger partial charge in [-0.25, -0.2) is 9.98 Å². The minimum atomic E-state index is 0. The van der Waals surface area contributed by atoms with Crippen molar-refractivity contribution in [1.82, 2.24) is 15.6 Å². The zero-order valence-electron chi connectivity index (χ0n) is 18.1. The number of halogens is 1. The van der Waals surface area contributed by atoms with Gasteiger partial charge in [0.2, 0.25) is 0 Å². The van der Waals surface area contributed by atoms with Gasteiger partial charge in [0.25, 0.3) is 0 Å². The predicted octanol–water partition coefficient (Wildman–Crippen LogP) is 2.78. The molecule has 0 aromatic carbocycles. The number of aliphatic imine (C=N–C) groups is 1. The van der Waals surface area contributed by atoms with Crippen LogP contribution >= 0.6 is 24.0 Å². The molecular weight excluding hydrogens is 481 g/mol. The first-order valence-electron chi connectivity index (χ1n) is 10.6. The minimum absolute atomic E-state index is 0. The lowest BCUT2D eigenvalue weighted by Gasteiger charge is -2.32. The van der Waals surface area contributed by atoms with Gasteiger partial charge in [-0.1, -0.05) is 19.4 Å². The lowest BCUT2D eigenvalue weighted by Crippen LogP contribution is -2.41. The largest absolute Gasteiger partial charge is 0.396 e. The van der Waals surface area contributed by atoms with E-state index in [4.69, 9.17) is 4.74 Å². The fourth-order valence-electron chi connectivity index (χ4n) is 3.42. The Morgan fingerprint density at radius 1 is 1.34 bits per heavy atom. The second kappa shape index (κ2) is 14.8. The van der Waals surface area contributed by atoms with Crippen LogP contribution in [0.1, 0.15) is 45.6 Å². The molecule has 2 unspecified atom stereocenters. The van der Waals surface area contributed by atoms with E-state index in [0.29, 0.717) is 12.5 Å². The van der Waals surface area contributed by atoms with E-state index in [0.717, 1.165) is 69.4 Å². The molecule has 1 saturated heterocycles. The molecule has 1 fully saturated rings. The summed E-state index contributed by atoms with van der Waals surface area (Å²) in [6.07, 6.45) is 5.22. The average molecular weight is 519 g/mol. The Kier molecular flexibility index (Phi) is 13.2. The topological polar surface area (TPSA) is 82.0 Å². The molecule has 0 spiro atoms. The maximum atomic E-state index is 9.22. The second-order valence-electron chi connectivity index (χ2n) is 7.40. The maximum Gasteiger partial charge on any atom is 0.191 e. The molecule has 2 atom stereocenters. The summed E-state index contributed by atoms with van der Waals surface area (Å²) in [5.41, 5.74) is 1.09. The highest BCUT2D eigenvalue weighted by Gasteiger charge is 2.17. The molecule has 2 rings (SSSR count). The van der Waals surface area contributed by atoms with Crippen LogP contribution in [0, 0.1) is 5.92 Å². The lowest BCUT2D eigenvalue weighted by molar-refractivity contribution is 0.0529.